The van der Waals surface area contributed by atoms with E-state index in [-0.39, 0.29) is 24.6 Å². The van der Waals surface area contributed by atoms with E-state index in [1.165, 1.54) is 10.8 Å². The fraction of sp³-hybridized carbons (Fsp3) is 0.192. The van der Waals surface area contributed by atoms with Gasteiger partial charge >= 0.3 is 5.97 Å². The molecule has 0 amide bonds. The zero-order valence-electron chi connectivity index (χ0n) is 18.2. The Labute approximate surface area is 197 Å². The number of rotatable bonds is 6. The van der Waals surface area contributed by atoms with Gasteiger partial charge in [-0.2, -0.15) is 0 Å². The van der Waals surface area contributed by atoms with Crippen LogP contribution in [-0.4, -0.2) is 38.7 Å². The first-order valence-electron chi connectivity index (χ1n) is 11.0. The van der Waals surface area contributed by atoms with Crippen LogP contribution in [0.2, 0.25) is 0 Å². The van der Waals surface area contributed by atoms with Gasteiger partial charge in [-0.05, 0) is 66.3 Å². The highest BCUT2D eigenvalue weighted by molar-refractivity contribution is 7.80. The van der Waals surface area contributed by atoms with Crippen LogP contribution in [0, 0.1) is 0 Å². The maximum atomic E-state index is 12.4. The zero-order valence-corrected chi connectivity index (χ0v) is 19.0. The molecule has 0 unspecified atom stereocenters. The molecule has 0 saturated carbocycles. The summed E-state index contributed by atoms with van der Waals surface area (Å²) < 4.78 is 7.39. The highest BCUT2D eigenvalue weighted by Gasteiger charge is 2.42. The van der Waals surface area contributed by atoms with Gasteiger partial charge in [0.15, 0.2) is 5.11 Å². The first-order chi connectivity index (χ1) is 16.2. The SMILES string of the molecule is CCOC(=O)CN1C(=S)N[C@H](c2ccccn2)[C@H]1c1cccn1-c1ccc2ccccc2c1. The number of nitrogens with one attached hydrogen (secondary N) is 1. The Morgan fingerprint density at radius 1 is 1.06 bits per heavy atom. The average molecular weight is 457 g/mol. The molecule has 1 fully saturated rings. The van der Waals surface area contributed by atoms with Crippen LogP contribution in [-0.2, 0) is 9.53 Å². The van der Waals surface area contributed by atoms with E-state index in [1.54, 1.807) is 13.1 Å². The van der Waals surface area contributed by atoms with Gasteiger partial charge in [0, 0.05) is 23.8 Å². The van der Waals surface area contributed by atoms with E-state index in [0.717, 1.165) is 17.1 Å². The number of fused-ring (bicyclic) bond motifs is 1. The van der Waals surface area contributed by atoms with E-state index in [0.29, 0.717) is 11.7 Å². The molecule has 4 aromatic rings. The van der Waals surface area contributed by atoms with Crippen molar-refractivity contribution in [2.24, 2.45) is 0 Å². The average Bonchev–Trinajstić information content (AvgIpc) is 3.44. The van der Waals surface area contributed by atoms with Gasteiger partial charge in [0.1, 0.15) is 6.54 Å². The summed E-state index contributed by atoms with van der Waals surface area (Å²) in [4.78, 5) is 18.9. The predicted octanol–water partition coefficient (Wildman–Crippen LogP) is 4.56. The van der Waals surface area contributed by atoms with Crippen LogP contribution in [0.5, 0.6) is 0 Å². The molecule has 3 heterocycles. The normalized spacial score (nSPS) is 17.8. The van der Waals surface area contributed by atoms with Crippen LogP contribution in [0.3, 0.4) is 0 Å². The standard InChI is InChI=1S/C26H24N4O2S/c1-2-32-23(31)17-30-25(24(28-26(30)33)21-10-5-6-14-27-21)22-11-7-15-29(22)20-13-12-18-8-3-4-9-19(18)16-20/h3-16,24-25H,2,17H2,1H3,(H,28,33)/t24-,25-/m1/s1. The fourth-order valence-electron chi connectivity index (χ4n) is 4.44. The van der Waals surface area contributed by atoms with E-state index in [1.807, 2.05) is 47.5 Å². The molecule has 1 saturated heterocycles. The molecule has 2 aromatic carbocycles. The van der Waals surface area contributed by atoms with Crippen molar-refractivity contribution in [3.8, 4) is 5.69 Å². The number of carbonyl (C=O) groups is 1. The Bertz CT molecular complexity index is 1300. The van der Waals surface area contributed by atoms with Crippen molar-refractivity contribution in [1.29, 1.82) is 0 Å². The van der Waals surface area contributed by atoms with Gasteiger partial charge in [-0.15, -0.1) is 0 Å². The summed E-state index contributed by atoms with van der Waals surface area (Å²) in [5.74, 6) is -0.308. The van der Waals surface area contributed by atoms with E-state index in [9.17, 15) is 4.79 Å². The number of pyridine rings is 1. The van der Waals surface area contributed by atoms with Crippen LogP contribution >= 0.6 is 12.2 Å². The molecule has 0 aliphatic carbocycles. The summed E-state index contributed by atoms with van der Waals surface area (Å²) in [6, 6.07) is 24.2. The molecule has 0 radical (unpaired) electrons. The van der Waals surface area contributed by atoms with E-state index in [4.69, 9.17) is 17.0 Å². The third kappa shape index (κ3) is 4.07. The van der Waals surface area contributed by atoms with Gasteiger partial charge in [-0.25, -0.2) is 0 Å². The smallest absolute Gasteiger partial charge is 0.325 e. The minimum Gasteiger partial charge on any atom is -0.465 e. The summed E-state index contributed by atoms with van der Waals surface area (Å²) in [5, 5.41) is 6.25. The highest BCUT2D eigenvalue weighted by Crippen LogP contribution is 2.39. The topological polar surface area (TPSA) is 59.4 Å². The monoisotopic (exact) mass is 456 g/mol. The second-order valence-electron chi connectivity index (χ2n) is 7.89. The Morgan fingerprint density at radius 3 is 2.67 bits per heavy atom. The highest BCUT2D eigenvalue weighted by atomic mass is 32.1. The van der Waals surface area contributed by atoms with Crippen LogP contribution in [0.4, 0.5) is 0 Å². The summed E-state index contributed by atoms with van der Waals surface area (Å²) in [5.41, 5.74) is 2.92. The molecule has 166 valence electrons. The molecule has 1 aliphatic rings. The van der Waals surface area contributed by atoms with Crippen LogP contribution in [0.25, 0.3) is 16.5 Å². The number of ether oxygens (including phenoxy) is 1. The lowest BCUT2D eigenvalue weighted by Gasteiger charge is -2.28. The van der Waals surface area contributed by atoms with Crippen molar-refractivity contribution in [3.63, 3.8) is 0 Å². The molecule has 2 atom stereocenters. The number of carbonyl (C=O) groups excluding carboxylic acids is 1. The summed E-state index contributed by atoms with van der Waals surface area (Å²) in [6.07, 6.45) is 3.81. The molecular weight excluding hydrogens is 432 g/mol. The maximum absolute atomic E-state index is 12.4. The molecule has 1 N–H and O–H groups in total. The number of aromatic nitrogens is 2. The Morgan fingerprint density at radius 2 is 1.88 bits per heavy atom. The summed E-state index contributed by atoms with van der Waals surface area (Å²) >= 11 is 5.66. The Kier molecular flexibility index (Phi) is 5.79. The number of esters is 1. The molecule has 7 heteroatoms. The minimum atomic E-state index is -0.308. The maximum Gasteiger partial charge on any atom is 0.325 e. The van der Waals surface area contributed by atoms with Crippen molar-refractivity contribution >= 4 is 34.1 Å². The lowest BCUT2D eigenvalue weighted by atomic mass is 10.0. The number of benzene rings is 2. The van der Waals surface area contributed by atoms with Crippen molar-refractivity contribution in [2.45, 2.75) is 19.0 Å². The van der Waals surface area contributed by atoms with Gasteiger partial charge < -0.3 is 19.5 Å². The number of hydrogen-bond donors (Lipinski definition) is 1. The van der Waals surface area contributed by atoms with Gasteiger partial charge in [0.25, 0.3) is 0 Å². The fourth-order valence-corrected chi connectivity index (χ4v) is 4.74. The van der Waals surface area contributed by atoms with Crippen LogP contribution in [0.1, 0.15) is 30.4 Å². The molecule has 6 nitrogen and oxygen atoms in total. The summed E-state index contributed by atoms with van der Waals surface area (Å²) in [6.45, 7) is 2.20. The largest absolute Gasteiger partial charge is 0.465 e. The van der Waals surface area contributed by atoms with Crippen molar-refractivity contribution in [3.05, 3.63) is 96.6 Å². The second kappa shape index (κ2) is 9.03. The van der Waals surface area contributed by atoms with E-state index < -0.39 is 0 Å². The van der Waals surface area contributed by atoms with E-state index in [2.05, 4.69) is 51.3 Å². The molecule has 2 aromatic heterocycles. The first kappa shape index (κ1) is 21.2. The van der Waals surface area contributed by atoms with E-state index >= 15 is 0 Å². The molecule has 1 aliphatic heterocycles. The van der Waals surface area contributed by atoms with Gasteiger partial charge in [-0.3, -0.25) is 9.78 Å². The van der Waals surface area contributed by atoms with Gasteiger partial charge in [-0.1, -0.05) is 36.4 Å². The third-order valence-electron chi connectivity index (χ3n) is 5.90. The lowest BCUT2D eigenvalue weighted by molar-refractivity contribution is -0.143. The second-order valence-corrected chi connectivity index (χ2v) is 8.28. The Hall–Kier alpha value is -3.71. The third-order valence-corrected chi connectivity index (χ3v) is 6.25. The lowest BCUT2D eigenvalue weighted by Crippen LogP contribution is -2.36. The molecule has 5 rings (SSSR count). The predicted molar refractivity (Wildman–Crippen MR) is 132 cm³/mol. The minimum absolute atomic E-state index is 0.0660. The van der Waals surface area contributed by atoms with Crippen molar-refractivity contribution in [2.75, 3.05) is 13.2 Å². The molecular formula is C26H24N4O2S. The first-order valence-corrected chi connectivity index (χ1v) is 11.4. The molecule has 0 spiro atoms. The van der Waals surface area contributed by atoms with Gasteiger partial charge in [0.05, 0.1) is 24.4 Å². The molecule has 33 heavy (non-hydrogen) atoms. The zero-order chi connectivity index (χ0) is 22.8. The number of nitrogens with zero attached hydrogens (tertiary/aromatic N) is 3. The molecule has 0 bridgehead atoms. The quantitative estimate of drug-likeness (QED) is 0.339. The van der Waals surface area contributed by atoms with Crippen LogP contribution < -0.4 is 5.32 Å². The van der Waals surface area contributed by atoms with Crippen molar-refractivity contribution < 1.29 is 9.53 Å². The number of thiocarbonyl (C=S) groups is 1. The van der Waals surface area contributed by atoms with Crippen LogP contribution in [0.15, 0.2) is 85.2 Å². The Balaban J connectivity index is 1.59. The summed E-state index contributed by atoms with van der Waals surface area (Å²) in [7, 11) is 0. The van der Waals surface area contributed by atoms with Gasteiger partial charge in [0.2, 0.25) is 0 Å². The van der Waals surface area contributed by atoms with Crippen molar-refractivity contribution in [1.82, 2.24) is 19.8 Å². The number of hydrogen-bond acceptors (Lipinski definition) is 4.